The monoisotopic (exact) mass is 192 g/mol. The molecule has 0 spiro atoms. The third kappa shape index (κ3) is 4.38. The number of benzene rings is 1. The lowest BCUT2D eigenvalue weighted by Gasteiger charge is -1.90. The van der Waals surface area contributed by atoms with Crippen LogP contribution in [-0.4, -0.2) is 9.36 Å². The average molecular weight is 192 g/mol. The van der Waals surface area contributed by atoms with Crippen LogP contribution in [0.15, 0.2) is 36.1 Å². The maximum absolute atomic E-state index is 3.65. The van der Waals surface area contributed by atoms with Crippen molar-refractivity contribution in [2.75, 3.05) is 0 Å². The summed E-state index contributed by atoms with van der Waals surface area (Å²) in [6.07, 6.45) is 1.52. The van der Waals surface area contributed by atoms with Crippen molar-refractivity contribution in [2.24, 2.45) is 0 Å². The summed E-state index contributed by atoms with van der Waals surface area (Å²) in [7, 11) is 0. The first-order valence-corrected chi connectivity index (χ1v) is 4.85. The Morgan fingerprint density at radius 3 is 2.08 bits per heavy atom. The first-order valence-electron chi connectivity index (χ1n) is 4.01. The fourth-order valence-corrected chi connectivity index (χ4v) is 1.22. The smallest absolute Gasteiger partial charge is 0.129 e. The molecule has 0 fully saturated rings. The van der Waals surface area contributed by atoms with Gasteiger partial charge in [-0.05, 0) is 25.4 Å². The van der Waals surface area contributed by atoms with Crippen LogP contribution in [0, 0.1) is 13.8 Å². The molecule has 68 valence electrons. The third-order valence-corrected chi connectivity index (χ3v) is 1.89. The average Bonchev–Trinajstić information content (AvgIpc) is 2.59. The molecule has 13 heavy (non-hydrogen) atoms. The lowest BCUT2D eigenvalue weighted by Crippen LogP contribution is -1.71. The van der Waals surface area contributed by atoms with Gasteiger partial charge in [-0.25, -0.2) is 4.98 Å². The molecule has 0 N–H and O–H groups in total. The molecule has 0 unspecified atom stereocenters. The second kappa shape index (κ2) is 5.43. The second-order valence-electron chi connectivity index (χ2n) is 2.74. The van der Waals surface area contributed by atoms with Crippen molar-refractivity contribution in [1.82, 2.24) is 9.36 Å². The Balaban J connectivity index is 0.000000145. The molecule has 2 rings (SSSR count). The summed E-state index contributed by atoms with van der Waals surface area (Å²) < 4.78 is 3.65. The van der Waals surface area contributed by atoms with Gasteiger partial charge in [0.15, 0.2) is 0 Å². The summed E-state index contributed by atoms with van der Waals surface area (Å²) in [6.45, 7) is 4.21. The second-order valence-corrected chi connectivity index (χ2v) is 3.37. The highest BCUT2D eigenvalue weighted by molar-refractivity contribution is 7.03. The predicted octanol–water partition coefficient (Wildman–Crippen LogP) is 2.84. The van der Waals surface area contributed by atoms with Gasteiger partial charge in [0.2, 0.25) is 0 Å². The zero-order chi connectivity index (χ0) is 9.52. The minimum absolute atomic E-state index is 1.34. The Morgan fingerprint density at radius 2 is 1.85 bits per heavy atom. The van der Waals surface area contributed by atoms with E-state index < -0.39 is 0 Å². The van der Waals surface area contributed by atoms with Gasteiger partial charge in [-0.1, -0.05) is 35.4 Å². The van der Waals surface area contributed by atoms with E-state index in [-0.39, 0.29) is 0 Å². The number of rotatable bonds is 0. The highest BCUT2D eigenvalue weighted by Crippen LogP contribution is 2.00. The molecule has 0 aliphatic heterocycles. The van der Waals surface area contributed by atoms with Crippen molar-refractivity contribution in [3.8, 4) is 0 Å². The highest BCUT2D eigenvalue weighted by Gasteiger charge is 1.80. The first-order chi connectivity index (χ1) is 6.29. The molecule has 0 atom stereocenters. The fraction of sp³-hybridized carbons (Fsp3) is 0.200. The molecule has 1 aromatic heterocycles. The normalized spacial score (nSPS) is 8.77. The molecule has 0 aliphatic rings. The van der Waals surface area contributed by atoms with Crippen LogP contribution < -0.4 is 0 Å². The molecule has 0 saturated heterocycles. The molecule has 1 aromatic carbocycles. The Hall–Kier alpha value is -1.22. The molecule has 1 heterocycles. The summed E-state index contributed by atoms with van der Waals surface area (Å²) in [5.41, 5.74) is 4.36. The molecule has 0 saturated carbocycles. The fourth-order valence-electron chi connectivity index (χ4n) is 0.943. The summed E-state index contributed by atoms with van der Waals surface area (Å²) in [4.78, 5) is 3.63. The summed E-state index contributed by atoms with van der Waals surface area (Å²) >= 11 is 1.35. The van der Waals surface area contributed by atoms with E-state index in [1.165, 1.54) is 29.0 Å². The van der Waals surface area contributed by atoms with Gasteiger partial charge >= 0.3 is 0 Å². The predicted molar refractivity (Wildman–Crippen MR) is 55.8 cm³/mol. The van der Waals surface area contributed by atoms with Gasteiger partial charge in [-0.2, -0.15) is 4.37 Å². The minimum Gasteiger partial charge on any atom is -0.231 e. The van der Waals surface area contributed by atoms with Crippen LogP contribution in [0.4, 0.5) is 0 Å². The number of aryl methyl sites for hydroxylation is 2. The maximum Gasteiger partial charge on any atom is 0.129 e. The van der Waals surface area contributed by atoms with Gasteiger partial charge in [-0.3, -0.25) is 0 Å². The highest BCUT2D eigenvalue weighted by atomic mass is 32.1. The lowest BCUT2D eigenvalue weighted by atomic mass is 10.2. The quantitative estimate of drug-likeness (QED) is 0.641. The first kappa shape index (κ1) is 9.86. The van der Waals surface area contributed by atoms with E-state index >= 15 is 0 Å². The van der Waals surface area contributed by atoms with E-state index in [4.69, 9.17) is 0 Å². The largest absolute Gasteiger partial charge is 0.231 e. The Morgan fingerprint density at radius 1 is 1.15 bits per heavy atom. The molecule has 2 nitrogen and oxygen atoms in total. The number of nitrogens with zero attached hydrogens (tertiary/aromatic N) is 2. The van der Waals surface area contributed by atoms with Crippen LogP contribution in [0.25, 0.3) is 0 Å². The zero-order valence-electron chi connectivity index (χ0n) is 7.77. The van der Waals surface area contributed by atoms with Gasteiger partial charge in [0.1, 0.15) is 11.8 Å². The Labute approximate surface area is 82.4 Å². The summed E-state index contributed by atoms with van der Waals surface area (Å²) in [5.74, 6) is 0. The van der Waals surface area contributed by atoms with E-state index in [0.29, 0.717) is 0 Å². The SMILES string of the molecule is Cc1cccc(C)c1.c1ncsn1. The van der Waals surface area contributed by atoms with Crippen molar-refractivity contribution in [1.29, 1.82) is 0 Å². The molecule has 0 aliphatic carbocycles. The van der Waals surface area contributed by atoms with E-state index in [9.17, 15) is 0 Å². The van der Waals surface area contributed by atoms with Crippen molar-refractivity contribution < 1.29 is 0 Å². The van der Waals surface area contributed by atoms with E-state index in [2.05, 4.69) is 47.5 Å². The van der Waals surface area contributed by atoms with E-state index in [1.54, 1.807) is 5.51 Å². The van der Waals surface area contributed by atoms with Gasteiger partial charge in [0, 0.05) is 0 Å². The molecule has 3 heteroatoms. The van der Waals surface area contributed by atoms with Crippen LogP contribution in [0.5, 0.6) is 0 Å². The molecular formula is C10H12N2S. The standard InChI is InChI=1S/C8H10.C2H2N2S/c1-7-4-3-5-8(2)6-7;1-3-2-5-4-1/h3-6H,1-2H3;1-2H. The number of aromatic nitrogens is 2. The third-order valence-electron chi connectivity index (χ3n) is 1.46. The van der Waals surface area contributed by atoms with Gasteiger partial charge < -0.3 is 0 Å². The van der Waals surface area contributed by atoms with Gasteiger partial charge in [-0.15, -0.1) is 0 Å². The van der Waals surface area contributed by atoms with Crippen LogP contribution in [-0.2, 0) is 0 Å². The van der Waals surface area contributed by atoms with Crippen LogP contribution in [0.1, 0.15) is 11.1 Å². The van der Waals surface area contributed by atoms with Crippen molar-refractivity contribution >= 4 is 11.5 Å². The van der Waals surface area contributed by atoms with E-state index in [1.807, 2.05) is 0 Å². The maximum atomic E-state index is 3.65. The van der Waals surface area contributed by atoms with Crippen LogP contribution >= 0.6 is 11.5 Å². The van der Waals surface area contributed by atoms with E-state index in [0.717, 1.165) is 0 Å². The molecule has 0 radical (unpaired) electrons. The zero-order valence-corrected chi connectivity index (χ0v) is 8.58. The van der Waals surface area contributed by atoms with Crippen LogP contribution in [0.2, 0.25) is 0 Å². The van der Waals surface area contributed by atoms with Gasteiger partial charge in [0.25, 0.3) is 0 Å². The Bertz CT molecular complexity index is 296. The molecule has 0 bridgehead atoms. The minimum atomic E-state index is 1.34. The topological polar surface area (TPSA) is 25.8 Å². The van der Waals surface area contributed by atoms with Crippen LogP contribution in [0.3, 0.4) is 0 Å². The van der Waals surface area contributed by atoms with Crippen molar-refractivity contribution in [2.45, 2.75) is 13.8 Å². The molecule has 2 aromatic rings. The lowest BCUT2D eigenvalue weighted by molar-refractivity contribution is 1.33. The molecular weight excluding hydrogens is 180 g/mol. The summed E-state index contributed by atoms with van der Waals surface area (Å²) in [6, 6.07) is 8.45. The van der Waals surface area contributed by atoms with Gasteiger partial charge in [0.05, 0.1) is 0 Å². The molecule has 0 amide bonds. The summed E-state index contributed by atoms with van der Waals surface area (Å²) in [5, 5.41) is 0. The number of hydrogen-bond acceptors (Lipinski definition) is 3. The van der Waals surface area contributed by atoms with Crippen molar-refractivity contribution in [3.05, 3.63) is 47.2 Å². The Kier molecular flexibility index (Phi) is 4.12. The van der Waals surface area contributed by atoms with Crippen molar-refractivity contribution in [3.63, 3.8) is 0 Å². The number of hydrogen-bond donors (Lipinski definition) is 0.